The van der Waals surface area contributed by atoms with Gasteiger partial charge in [0.25, 0.3) is 0 Å². The molecule has 17 heteroatoms. The van der Waals surface area contributed by atoms with Gasteiger partial charge in [-0.15, -0.1) is 22.7 Å². The number of ether oxygens (including phenoxy) is 4. The summed E-state index contributed by atoms with van der Waals surface area (Å²) in [6, 6.07) is 5.51. The van der Waals surface area contributed by atoms with Gasteiger partial charge in [0.2, 0.25) is 17.7 Å². The van der Waals surface area contributed by atoms with E-state index in [1.54, 1.807) is 35.3 Å². The average Bonchev–Trinajstić information content (AvgIpc) is 4.10. The highest BCUT2D eigenvalue weighted by atomic mass is 32.1. The van der Waals surface area contributed by atoms with Crippen molar-refractivity contribution in [3.8, 4) is 23.9 Å². The molecule has 4 aromatic rings. The molecule has 4 fully saturated rings. The first-order valence-electron chi connectivity index (χ1n) is 23.4. The quantitative estimate of drug-likeness (QED) is 0.144. The zero-order chi connectivity index (χ0) is 44.2. The number of carbonyl (C=O) groups excluding carboxylic acids is 2. The Hall–Kier alpha value is -4.36. The van der Waals surface area contributed by atoms with Crippen LogP contribution in [0.15, 0.2) is 12.7 Å². The van der Waals surface area contributed by atoms with Crippen molar-refractivity contribution in [1.29, 1.82) is 10.5 Å². The fourth-order valence-electron chi connectivity index (χ4n) is 11.1. The molecular formula is C49H67N9O6S2. The first kappa shape index (κ1) is 49.5. The molecule has 10 rings (SSSR count). The molecule has 15 nitrogen and oxygen atoms in total. The van der Waals surface area contributed by atoms with Crippen molar-refractivity contribution in [2.24, 2.45) is 17.6 Å². The van der Waals surface area contributed by atoms with Crippen LogP contribution in [0, 0.1) is 34.5 Å². The van der Waals surface area contributed by atoms with E-state index in [9.17, 15) is 20.1 Å². The lowest BCUT2D eigenvalue weighted by atomic mass is 9.88. The molecule has 2 saturated carbocycles. The van der Waals surface area contributed by atoms with Gasteiger partial charge in [-0.05, 0) is 120 Å². The number of aromatic nitrogens is 4. The van der Waals surface area contributed by atoms with Gasteiger partial charge in [0.15, 0.2) is 0 Å². The summed E-state index contributed by atoms with van der Waals surface area (Å²) >= 11 is 3.39. The number of hydrogen-bond donors (Lipinski definition) is 1. The number of thiophene rings is 2. The van der Waals surface area contributed by atoms with E-state index in [2.05, 4.69) is 41.9 Å². The van der Waals surface area contributed by atoms with E-state index in [4.69, 9.17) is 24.7 Å². The molecule has 66 heavy (non-hydrogen) atoms. The third-order valence-corrected chi connectivity index (χ3v) is 16.9. The Kier molecular flexibility index (Phi) is 17.0. The largest absolute Gasteiger partial charge is 0.474 e. The van der Waals surface area contributed by atoms with Crippen LogP contribution in [0.5, 0.6) is 11.8 Å². The summed E-state index contributed by atoms with van der Waals surface area (Å²) in [7, 11) is 0. The molecule has 0 bridgehead atoms. The predicted molar refractivity (Wildman–Crippen MR) is 256 cm³/mol. The number of nitrogens with two attached hydrogens (primary N) is 1. The Morgan fingerprint density at radius 3 is 1.47 bits per heavy atom. The average molecular weight is 942 g/mol. The number of hydrogen-bond acceptors (Lipinski definition) is 16. The molecule has 6 heterocycles. The second kappa shape index (κ2) is 22.6. The Morgan fingerprint density at radius 1 is 0.682 bits per heavy atom. The molecule has 2 aliphatic heterocycles. The standard InChI is InChI=1S/C24H30N4O3S.C23H29N5O3S.2CH4/c1-15(29)17(13-25)12-16-2-7-20-21(16)22-23(26-14-27-24(22)32-20)31-19-5-3-18(4-6-19)28-8-10-30-11-9-28;24-12-15(21(25)29)11-14-1-6-18-19(14)20-22(26-13-27-23(20)32-18)31-17-4-2-16(3-5-17)28-7-9-30-10-8-28;;/h14,16-19H,2-12H2,1H3;13-17H,1-11H2,(H2,25,29);2*1H4/t16-,17?,18?,19?;14-,15?,16?,17?;;/m11../s1. The molecule has 356 valence electrons. The van der Waals surface area contributed by atoms with Crippen LogP contribution >= 0.6 is 22.7 Å². The molecule has 6 aliphatic rings. The van der Waals surface area contributed by atoms with Gasteiger partial charge < -0.3 is 24.7 Å². The third kappa shape index (κ3) is 10.8. The van der Waals surface area contributed by atoms with E-state index in [0.717, 1.165) is 150 Å². The summed E-state index contributed by atoms with van der Waals surface area (Å²) in [4.78, 5) is 51.2. The zero-order valence-electron chi connectivity index (χ0n) is 36.8. The first-order valence-corrected chi connectivity index (χ1v) is 25.0. The number of morpholine rings is 2. The lowest BCUT2D eigenvalue weighted by molar-refractivity contribution is -0.120. The van der Waals surface area contributed by atoms with Gasteiger partial charge in [0, 0.05) is 48.0 Å². The highest BCUT2D eigenvalue weighted by Gasteiger charge is 2.36. The number of ketones is 1. The van der Waals surface area contributed by atoms with Crippen molar-refractivity contribution in [2.75, 3.05) is 52.6 Å². The van der Waals surface area contributed by atoms with E-state index in [1.165, 1.54) is 27.8 Å². The minimum Gasteiger partial charge on any atom is -0.474 e. The number of primary amides is 1. The van der Waals surface area contributed by atoms with Gasteiger partial charge in [-0.2, -0.15) is 10.5 Å². The monoisotopic (exact) mass is 941 g/mol. The molecule has 4 aromatic heterocycles. The molecule has 1 amide bonds. The minimum absolute atomic E-state index is 0. The topological polar surface area (TPSA) is 203 Å². The van der Waals surface area contributed by atoms with Gasteiger partial charge in [-0.3, -0.25) is 19.4 Å². The van der Waals surface area contributed by atoms with Gasteiger partial charge in [-0.1, -0.05) is 14.9 Å². The van der Waals surface area contributed by atoms with Gasteiger partial charge in [0.1, 0.15) is 52.1 Å². The smallest absolute Gasteiger partial charge is 0.234 e. The van der Waals surface area contributed by atoms with Gasteiger partial charge in [0.05, 0.1) is 49.3 Å². The molecule has 0 radical (unpaired) electrons. The highest BCUT2D eigenvalue weighted by Crippen LogP contribution is 2.50. The SMILES string of the molecule is C.C.CC(=O)C(C#N)C[C@H]1CCc2sc3ncnc(OC4CCC(N5CCOCC5)CC4)c3c21.N#CC(C[C@H]1CCc2sc3ncnc(OC4CCC(N5CCOCC5)CC4)c3c21)C(N)=O. The second-order valence-corrected chi connectivity index (χ2v) is 20.5. The third-order valence-electron chi connectivity index (χ3n) is 14.5. The molecule has 4 atom stereocenters. The maximum absolute atomic E-state index is 11.9. The van der Waals surface area contributed by atoms with Crippen LogP contribution in [0.3, 0.4) is 0 Å². The zero-order valence-corrected chi connectivity index (χ0v) is 38.4. The van der Waals surface area contributed by atoms with E-state index in [0.29, 0.717) is 36.7 Å². The second-order valence-electron chi connectivity index (χ2n) is 18.3. The molecule has 0 spiro atoms. The van der Waals surface area contributed by atoms with Gasteiger partial charge >= 0.3 is 0 Å². The van der Waals surface area contributed by atoms with Crippen LogP contribution in [-0.2, 0) is 31.9 Å². The Labute approximate surface area is 397 Å². The maximum Gasteiger partial charge on any atom is 0.234 e. The lowest BCUT2D eigenvalue weighted by Gasteiger charge is -2.38. The van der Waals surface area contributed by atoms with Crippen LogP contribution in [0.4, 0.5) is 0 Å². The fraction of sp³-hybridized carbons (Fsp3) is 0.673. The molecule has 2 unspecified atom stereocenters. The highest BCUT2D eigenvalue weighted by molar-refractivity contribution is 7.19. The van der Waals surface area contributed by atoms with Crippen LogP contribution in [0.2, 0.25) is 0 Å². The molecule has 2 N–H and O–H groups in total. The van der Waals surface area contributed by atoms with E-state index in [1.807, 2.05) is 0 Å². The first-order chi connectivity index (χ1) is 31.3. The number of Topliss-reactive ketones (excluding diaryl/α,β-unsaturated/α-hetero) is 1. The fourth-order valence-corrected chi connectivity index (χ4v) is 13.6. The van der Waals surface area contributed by atoms with Crippen LogP contribution in [0.1, 0.15) is 132 Å². The normalized spacial score (nSPS) is 26.2. The van der Waals surface area contributed by atoms with Crippen molar-refractivity contribution >= 4 is 54.8 Å². The van der Waals surface area contributed by atoms with Crippen LogP contribution in [0.25, 0.3) is 20.4 Å². The van der Waals surface area contributed by atoms with Crippen LogP contribution < -0.4 is 15.2 Å². The minimum atomic E-state index is -0.773. The summed E-state index contributed by atoms with van der Waals surface area (Å²) in [6.07, 6.45) is 17.0. The number of aryl methyl sites for hydroxylation is 2. The summed E-state index contributed by atoms with van der Waals surface area (Å²) in [5.74, 6) is -0.280. The van der Waals surface area contributed by atoms with Crippen molar-refractivity contribution in [1.82, 2.24) is 29.7 Å². The van der Waals surface area contributed by atoms with Gasteiger partial charge in [-0.25, -0.2) is 19.9 Å². The number of fused-ring (bicyclic) bond motifs is 6. The predicted octanol–water partition coefficient (Wildman–Crippen LogP) is 7.89. The molecular weight excluding hydrogens is 875 g/mol. The number of nitriles is 2. The Bertz CT molecular complexity index is 2200. The maximum atomic E-state index is 11.9. The van der Waals surface area contributed by atoms with Crippen molar-refractivity contribution in [3.05, 3.63) is 33.5 Å². The van der Waals surface area contributed by atoms with E-state index in [-0.39, 0.29) is 44.7 Å². The summed E-state index contributed by atoms with van der Waals surface area (Å²) < 4.78 is 24.0. The molecule has 4 aliphatic carbocycles. The summed E-state index contributed by atoms with van der Waals surface area (Å²) in [5.41, 5.74) is 7.83. The lowest BCUT2D eigenvalue weighted by Crippen LogP contribution is -2.46. The van der Waals surface area contributed by atoms with Crippen molar-refractivity contribution in [2.45, 2.75) is 148 Å². The number of rotatable bonds is 12. The van der Waals surface area contributed by atoms with Crippen molar-refractivity contribution in [3.63, 3.8) is 0 Å². The molecule has 0 aromatic carbocycles. The number of carbonyl (C=O) groups is 2. The number of nitrogens with zero attached hydrogens (tertiary/aromatic N) is 8. The van der Waals surface area contributed by atoms with E-state index < -0.39 is 17.7 Å². The molecule has 2 saturated heterocycles. The Balaban J connectivity index is 0.000000191. The van der Waals surface area contributed by atoms with Crippen LogP contribution in [-0.4, -0.2) is 118 Å². The summed E-state index contributed by atoms with van der Waals surface area (Å²) in [5, 5.41) is 20.8. The van der Waals surface area contributed by atoms with Crippen molar-refractivity contribution < 1.29 is 28.5 Å². The number of amides is 1. The Morgan fingerprint density at radius 2 is 1.09 bits per heavy atom. The summed E-state index contributed by atoms with van der Waals surface area (Å²) in [6.45, 7) is 9.00. The van der Waals surface area contributed by atoms with E-state index >= 15 is 0 Å².